The van der Waals surface area contributed by atoms with Gasteiger partial charge < -0.3 is 11.1 Å². The molecule has 0 fully saturated rings. The second kappa shape index (κ2) is 4.66. The second-order valence-corrected chi connectivity index (χ2v) is 4.09. The van der Waals surface area contributed by atoms with Crippen LogP contribution in [0.2, 0.25) is 5.02 Å². The second-order valence-electron chi connectivity index (χ2n) is 3.65. The number of hydrogen-bond acceptors (Lipinski definition) is 3. The lowest BCUT2D eigenvalue weighted by atomic mass is 10.2. The fourth-order valence-corrected chi connectivity index (χ4v) is 1.61. The van der Waals surface area contributed by atoms with Crippen LogP contribution in [0.1, 0.15) is 10.4 Å². The number of benzene rings is 1. The van der Waals surface area contributed by atoms with Crippen molar-refractivity contribution in [3.05, 3.63) is 40.8 Å². The van der Waals surface area contributed by atoms with Crippen molar-refractivity contribution in [1.29, 1.82) is 0 Å². The van der Waals surface area contributed by atoms with Gasteiger partial charge in [-0.1, -0.05) is 11.6 Å². The Morgan fingerprint density at radius 2 is 2.28 bits per heavy atom. The molecule has 1 heterocycles. The molecule has 1 aromatic heterocycles. The molecule has 2 aromatic rings. The largest absolute Gasteiger partial charge is 0.394 e. The molecule has 0 radical (unpaired) electrons. The van der Waals surface area contributed by atoms with Crippen molar-refractivity contribution in [3.8, 4) is 0 Å². The minimum absolute atomic E-state index is 0.111. The average molecular weight is 269 g/mol. The number of nitrogens with two attached hydrogens (primary N) is 1. The van der Waals surface area contributed by atoms with Gasteiger partial charge in [-0.05, 0) is 18.2 Å². The highest BCUT2D eigenvalue weighted by Crippen LogP contribution is 2.19. The number of nitrogen functional groups attached to an aromatic ring is 1. The summed E-state index contributed by atoms with van der Waals surface area (Å²) in [6.07, 6.45) is 1.40. The molecule has 1 aromatic carbocycles. The Morgan fingerprint density at radius 1 is 1.56 bits per heavy atom. The third-order valence-electron chi connectivity index (χ3n) is 2.37. The first-order chi connectivity index (χ1) is 8.49. The summed E-state index contributed by atoms with van der Waals surface area (Å²) in [5.74, 6) is -0.991. The maximum atomic E-state index is 13.5. The van der Waals surface area contributed by atoms with E-state index in [9.17, 15) is 9.18 Å². The maximum Gasteiger partial charge on any atom is 0.259 e. The number of carbonyl (C=O) groups is 1. The molecule has 1 amide bonds. The van der Waals surface area contributed by atoms with Gasteiger partial charge in [-0.25, -0.2) is 4.39 Å². The molecule has 3 N–H and O–H groups in total. The van der Waals surface area contributed by atoms with Crippen LogP contribution >= 0.6 is 11.6 Å². The molecule has 7 heteroatoms. The van der Waals surface area contributed by atoms with E-state index in [1.54, 1.807) is 7.05 Å². The molecule has 2 rings (SSSR count). The molecular formula is C11H10ClFN4O. The van der Waals surface area contributed by atoms with E-state index in [0.29, 0.717) is 11.5 Å². The van der Waals surface area contributed by atoms with Crippen LogP contribution in [-0.2, 0) is 7.05 Å². The van der Waals surface area contributed by atoms with Crippen molar-refractivity contribution < 1.29 is 9.18 Å². The molecule has 0 aliphatic heterocycles. The predicted octanol–water partition coefficient (Wildman–Crippen LogP) is 2.05. The van der Waals surface area contributed by atoms with Gasteiger partial charge in [0.25, 0.3) is 5.91 Å². The lowest BCUT2D eigenvalue weighted by molar-refractivity contribution is 0.102. The first-order valence-corrected chi connectivity index (χ1v) is 5.40. The number of nitrogens with one attached hydrogen (secondary N) is 1. The quantitative estimate of drug-likeness (QED) is 0.875. The summed E-state index contributed by atoms with van der Waals surface area (Å²) >= 11 is 5.61. The van der Waals surface area contributed by atoms with Crippen molar-refractivity contribution in [1.82, 2.24) is 9.78 Å². The van der Waals surface area contributed by atoms with Crippen molar-refractivity contribution in [2.24, 2.45) is 7.05 Å². The Balaban J connectivity index is 2.28. The fourth-order valence-electron chi connectivity index (χ4n) is 1.46. The molecule has 0 aliphatic carbocycles. The summed E-state index contributed by atoms with van der Waals surface area (Å²) < 4.78 is 14.9. The molecular weight excluding hydrogens is 259 g/mol. The normalized spacial score (nSPS) is 10.4. The Hall–Kier alpha value is -2.08. The molecule has 0 spiro atoms. The highest BCUT2D eigenvalue weighted by atomic mass is 35.5. The molecule has 0 saturated heterocycles. The maximum absolute atomic E-state index is 13.5. The van der Waals surface area contributed by atoms with Crippen LogP contribution in [0.25, 0.3) is 0 Å². The van der Waals surface area contributed by atoms with E-state index in [1.807, 2.05) is 0 Å². The monoisotopic (exact) mass is 268 g/mol. The minimum atomic E-state index is -0.694. The van der Waals surface area contributed by atoms with Gasteiger partial charge in [0.2, 0.25) is 0 Å². The van der Waals surface area contributed by atoms with Crippen LogP contribution in [0.4, 0.5) is 15.9 Å². The third-order valence-corrected chi connectivity index (χ3v) is 2.61. The number of carbonyl (C=O) groups excluding carboxylic acids is 1. The van der Waals surface area contributed by atoms with Crippen molar-refractivity contribution in [2.45, 2.75) is 0 Å². The number of aromatic nitrogens is 2. The topological polar surface area (TPSA) is 72.9 Å². The van der Waals surface area contributed by atoms with Gasteiger partial charge in [-0.2, -0.15) is 5.10 Å². The third kappa shape index (κ3) is 2.28. The predicted molar refractivity (Wildman–Crippen MR) is 67.0 cm³/mol. The zero-order valence-electron chi connectivity index (χ0n) is 9.45. The molecule has 0 saturated carbocycles. The highest BCUT2D eigenvalue weighted by molar-refractivity contribution is 6.30. The number of amides is 1. The van der Waals surface area contributed by atoms with Gasteiger partial charge in [-0.3, -0.25) is 9.48 Å². The van der Waals surface area contributed by atoms with Gasteiger partial charge in [0, 0.05) is 12.1 Å². The molecule has 18 heavy (non-hydrogen) atoms. The summed E-state index contributed by atoms with van der Waals surface area (Å²) in [7, 11) is 1.62. The first kappa shape index (κ1) is 12.4. The van der Waals surface area contributed by atoms with E-state index >= 15 is 0 Å². The lowest BCUT2D eigenvalue weighted by Crippen LogP contribution is -2.17. The van der Waals surface area contributed by atoms with Crippen LogP contribution in [0.3, 0.4) is 0 Å². The molecule has 94 valence electrons. The van der Waals surface area contributed by atoms with E-state index in [0.717, 1.165) is 6.07 Å². The lowest BCUT2D eigenvalue weighted by Gasteiger charge is -2.07. The van der Waals surface area contributed by atoms with Gasteiger partial charge in [0.1, 0.15) is 5.82 Å². The van der Waals surface area contributed by atoms with E-state index < -0.39 is 11.7 Å². The number of nitrogens with zero attached hydrogens (tertiary/aromatic N) is 2. The van der Waals surface area contributed by atoms with Crippen LogP contribution in [0.15, 0.2) is 24.4 Å². The smallest absolute Gasteiger partial charge is 0.259 e. The standard InChI is InChI=1S/C11H10ClFN4O/c1-17-10(9(14)5-15-17)16-11(18)7-3-2-6(12)4-8(7)13/h2-5H,14H2,1H3,(H,16,18). The zero-order chi connectivity index (χ0) is 13.3. The number of rotatable bonds is 2. The van der Waals surface area contributed by atoms with E-state index in [-0.39, 0.29) is 10.6 Å². The van der Waals surface area contributed by atoms with Crippen LogP contribution in [0, 0.1) is 5.82 Å². The number of hydrogen-bond donors (Lipinski definition) is 2. The van der Waals surface area contributed by atoms with E-state index in [2.05, 4.69) is 10.4 Å². The van der Waals surface area contributed by atoms with Crippen LogP contribution in [0.5, 0.6) is 0 Å². The number of aryl methyl sites for hydroxylation is 1. The highest BCUT2D eigenvalue weighted by Gasteiger charge is 2.15. The summed E-state index contributed by atoms with van der Waals surface area (Å²) in [5.41, 5.74) is 5.81. The summed E-state index contributed by atoms with van der Waals surface area (Å²) in [4.78, 5) is 11.9. The molecule has 0 bridgehead atoms. The summed E-state index contributed by atoms with van der Waals surface area (Å²) in [6, 6.07) is 3.81. The van der Waals surface area contributed by atoms with E-state index in [1.165, 1.54) is 23.0 Å². The van der Waals surface area contributed by atoms with Crippen molar-refractivity contribution >= 4 is 29.0 Å². The average Bonchev–Trinajstić information content (AvgIpc) is 2.60. The Bertz CT molecular complexity index is 592. The van der Waals surface area contributed by atoms with Crippen molar-refractivity contribution in [2.75, 3.05) is 11.1 Å². The Labute approximate surface area is 107 Å². The minimum Gasteiger partial charge on any atom is -0.394 e. The van der Waals surface area contributed by atoms with Gasteiger partial charge in [0.05, 0.1) is 17.4 Å². The summed E-state index contributed by atoms with van der Waals surface area (Å²) in [6.45, 7) is 0. The van der Waals surface area contributed by atoms with Gasteiger partial charge >= 0.3 is 0 Å². The molecule has 0 aliphatic rings. The van der Waals surface area contributed by atoms with Crippen LogP contribution in [-0.4, -0.2) is 15.7 Å². The first-order valence-electron chi connectivity index (χ1n) is 5.03. The molecule has 5 nitrogen and oxygen atoms in total. The number of anilines is 2. The fraction of sp³-hybridized carbons (Fsp3) is 0.0909. The Morgan fingerprint density at radius 3 is 2.83 bits per heavy atom. The Kier molecular flexibility index (Phi) is 3.20. The molecule has 0 atom stereocenters. The van der Waals surface area contributed by atoms with E-state index in [4.69, 9.17) is 17.3 Å². The summed E-state index contributed by atoms with van der Waals surface area (Å²) in [5, 5.41) is 6.58. The van der Waals surface area contributed by atoms with Crippen molar-refractivity contribution in [3.63, 3.8) is 0 Å². The SMILES string of the molecule is Cn1ncc(N)c1NC(=O)c1ccc(Cl)cc1F. The van der Waals surface area contributed by atoms with Crippen LogP contribution < -0.4 is 11.1 Å². The number of halogens is 2. The zero-order valence-corrected chi connectivity index (χ0v) is 10.2. The van der Waals surface area contributed by atoms with Gasteiger partial charge in [-0.15, -0.1) is 0 Å². The van der Waals surface area contributed by atoms with Gasteiger partial charge in [0.15, 0.2) is 5.82 Å². The molecule has 0 unspecified atom stereocenters.